The first-order valence-corrected chi connectivity index (χ1v) is 11.2. The van der Waals surface area contributed by atoms with Crippen molar-refractivity contribution < 1.29 is 22.7 Å². The zero-order valence-corrected chi connectivity index (χ0v) is 18.0. The highest BCUT2D eigenvalue weighted by molar-refractivity contribution is 7.91. The summed E-state index contributed by atoms with van der Waals surface area (Å²) < 4.78 is 34.0. The van der Waals surface area contributed by atoms with Crippen molar-refractivity contribution in [3.63, 3.8) is 0 Å². The van der Waals surface area contributed by atoms with Crippen LogP contribution in [-0.2, 0) is 14.6 Å². The minimum atomic E-state index is -3.06. The number of carbonyl (C=O) groups is 1. The molecule has 0 radical (unpaired) electrons. The van der Waals surface area contributed by atoms with Gasteiger partial charge in [0.15, 0.2) is 21.3 Å². The molecular weight excluding hydrogens is 394 g/mol. The molecule has 1 heterocycles. The molecule has 29 heavy (non-hydrogen) atoms. The molecule has 2 unspecified atom stereocenters. The first-order chi connectivity index (χ1) is 13.7. The lowest BCUT2D eigenvalue weighted by molar-refractivity contribution is -0.117. The van der Waals surface area contributed by atoms with Crippen LogP contribution in [0.1, 0.15) is 31.9 Å². The molecule has 1 aliphatic rings. The second-order valence-corrected chi connectivity index (χ2v) is 9.08. The Morgan fingerprint density at radius 1 is 1.38 bits per heavy atom. The molecule has 1 fully saturated rings. The van der Waals surface area contributed by atoms with Crippen LogP contribution in [0.2, 0.25) is 0 Å². The maximum absolute atomic E-state index is 12.6. The zero-order chi connectivity index (χ0) is 21.6. The van der Waals surface area contributed by atoms with Crippen molar-refractivity contribution >= 4 is 15.7 Å². The molecule has 1 saturated heterocycles. The molecule has 1 aromatic rings. The summed E-state index contributed by atoms with van der Waals surface area (Å²) in [5.41, 5.74) is 0.728. The first kappa shape index (κ1) is 22.6. The van der Waals surface area contributed by atoms with Crippen molar-refractivity contribution in [1.82, 2.24) is 10.2 Å². The fraction of sp³-hybridized carbons (Fsp3) is 0.500. The predicted octanol–water partition coefficient (Wildman–Crippen LogP) is 1.80. The van der Waals surface area contributed by atoms with E-state index in [9.17, 15) is 18.5 Å². The molecule has 1 amide bonds. The van der Waals surface area contributed by atoms with E-state index in [1.807, 2.05) is 19.1 Å². The number of nitrogens with one attached hydrogen (secondary N) is 1. The molecule has 0 bridgehead atoms. The van der Waals surface area contributed by atoms with Gasteiger partial charge in [0, 0.05) is 18.8 Å². The Labute approximate surface area is 172 Å². The van der Waals surface area contributed by atoms with Gasteiger partial charge in [-0.3, -0.25) is 4.79 Å². The molecule has 1 N–H and O–H groups in total. The number of nitriles is 1. The monoisotopic (exact) mass is 421 g/mol. The minimum Gasteiger partial charge on any atom is -0.493 e. The number of sulfone groups is 1. The molecular formula is C20H27N3O5S. The maximum atomic E-state index is 12.6. The Morgan fingerprint density at radius 3 is 2.59 bits per heavy atom. The second-order valence-electron chi connectivity index (χ2n) is 6.85. The van der Waals surface area contributed by atoms with Crippen LogP contribution in [0.3, 0.4) is 0 Å². The Morgan fingerprint density at radius 2 is 2.07 bits per heavy atom. The van der Waals surface area contributed by atoms with Crippen molar-refractivity contribution in [2.75, 3.05) is 32.3 Å². The van der Waals surface area contributed by atoms with E-state index in [0.717, 1.165) is 5.56 Å². The number of amides is 1. The van der Waals surface area contributed by atoms with E-state index in [2.05, 4.69) is 5.32 Å². The highest BCUT2D eigenvalue weighted by Crippen LogP contribution is 2.30. The molecule has 0 saturated carbocycles. The van der Waals surface area contributed by atoms with Crippen molar-refractivity contribution in [2.24, 2.45) is 0 Å². The third-order valence-electron chi connectivity index (χ3n) is 4.96. The normalized spacial score (nSPS) is 19.1. The molecule has 0 aromatic heterocycles. The van der Waals surface area contributed by atoms with Gasteiger partial charge in [-0.1, -0.05) is 6.07 Å². The highest BCUT2D eigenvalue weighted by atomic mass is 32.2. The average Bonchev–Trinajstić information content (AvgIpc) is 3.07. The summed E-state index contributed by atoms with van der Waals surface area (Å²) in [6, 6.07) is 6.65. The summed E-state index contributed by atoms with van der Waals surface area (Å²) in [6.07, 6.45) is 1.96. The molecule has 8 nitrogen and oxygen atoms in total. The first-order valence-electron chi connectivity index (χ1n) is 9.35. The molecule has 2 rings (SSSR count). The summed E-state index contributed by atoms with van der Waals surface area (Å²) in [5, 5.41) is 12.3. The second kappa shape index (κ2) is 9.65. The van der Waals surface area contributed by atoms with Crippen LogP contribution in [0.15, 0.2) is 30.0 Å². The molecule has 158 valence electrons. The zero-order valence-electron chi connectivity index (χ0n) is 17.1. The number of benzene rings is 1. The minimum absolute atomic E-state index is 0.0414. The van der Waals surface area contributed by atoms with Crippen LogP contribution in [0.4, 0.5) is 0 Å². The van der Waals surface area contributed by atoms with Crippen LogP contribution in [0.5, 0.6) is 11.5 Å². The van der Waals surface area contributed by atoms with Crippen molar-refractivity contribution in [2.45, 2.75) is 32.4 Å². The summed E-state index contributed by atoms with van der Waals surface area (Å²) in [7, 11) is 0.0179. The van der Waals surface area contributed by atoms with Crippen LogP contribution in [0.25, 0.3) is 0 Å². The molecule has 1 aliphatic heterocycles. The van der Waals surface area contributed by atoms with E-state index in [4.69, 9.17) is 9.47 Å². The fourth-order valence-corrected chi connectivity index (χ4v) is 5.02. The summed E-state index contributed by atoms with van der Waals surface area (Å²) in [4.78, 5) is 14.4. The quantitative estimate of drug-likeness (QED) is 0.503. The van der Waals surface area contributed by atoms with E-state index in [1.165, 1.54) is 13.3 Å². The summed E-state index contributed by atoms with van der Waals surface area (Å²) in [5.74, 6) is 0.778. The lowest BCUT2D eigenvalue weighted by Gasteiger charge is -2.25. The van der Waals surface area contributed by atoms with Gasteiger partial charge in [-0.25, -0.2) is 8.42 Å². The van der Waals surface area contributed by atoms with Gasteiger partial charge in [0.25, 0.3) is 5.91 Å². The third-order valence-corrected chi connectivity index (χ3v) is 6.71. The smallest absolute Gasteiger partial charge is 0.263 e. The number of rotatable bonds is 8. The van der Waals surface area contributed by atoms with E-state index in [-0.39, 0.29) is 29.2 Å². The SMILES string of the molecule is CCN(/C=C(/C#N)C(=O)NC(C)c1ccc(OC)c(OC)c1)C1CCS(=O)(=O)C1. The number of carbonyl (C=O) groups excluding carboxylic acids is 1. The van der Waals surface area contributed by atoms with Gasteiger partial charge >= 0.3 is 0 Å². The lowest BCUT2D eigenvalue weighted by atomic mass is 10.1. The standard InChI is InChI=1S/C20H27N3O5S/c1-5-23(17-8-9-29(25,26)13-17)12-16(11-21)20(24)22-14(2)15-6-7-18(27-3)19(10-15)28-4/h6-7,10,12,14,17H,5,8-9,13H2,1-4H3,(H,22,24)/b16-12-. The Hall–Kier alpha value is -2.73. The molecule has 1 aromatic carbocycles. The number of hydrogen-bond acceptors (Lipinski definition) is 7. The van der Waals surface area contributed by atoms with E-state index < -0.39 is 15.7 Å². The lowest BCUT2D eigenvalue weighted by Crippen LogP contribution is -2.34. The van der Waals surface area contributed by atoms with E-state index in [1.54, 1.807) is 31.1 Å². The van der Waals surface area contributed by atoms with E-state index >= 15 is 0 Å². The Balaban J connectivity index is 2.14. The van der Waals surface area contributed by atoms with Gasteiger partial charge in [0.1, 0.15) is 11.6 Å². The molecule has 2 atom stereocenters. The summed E-state index contributed by atoms with van der Waals surface area (Å²) >= 11 is 0. The average molecular weight is 422 g/mol. The van der Waals surface area contributed by atoms with Gasteiger partial charge in [-0.15, -0.1) is 0 Å². The van der Waals surface area contributed by atoms with Gasteiger partial charge in [-0.2, -0.15) is 5.26 Å². The van der Waals surface area contributed by atoms with Crippen molar-refractivity contribution in [3.05, 3.63) is 35.5 Å². The van der Waals surface area contributed by atoms with Crippen LogP contribution < -0.4 is 14.8 Å². The topological polar surface area (TPSA) is 109 Å². The largest absolute Gasteiger partial charge is 0.493 e. The number of methoxy groups -OCH3 is 2. The van der Waals surface area contributed by atoms with E-state index in [0.29, 0.717) is 24.5 Å². The summed E-state index contributed by atoms with van der Waals surface area (Å²) in [6.45, 7) is 4.17. The fourth-order valence-electron chi connectivity index (χ4n) is 3.28. The highest BCUT2D eigenvalue weighted by Gasteiger charge is 2.31. The predicted molar refractivity (Wildman–Crippen MR) is 109 cm³/mol. The van der Waals surface area contributed by atoms with Gasteiger partial charge in [0.05, 0.1) is 31.8 Å². The maximum Gasteiger partial charge on any atom is 0.263 e. The van der Waals surface area contributed by atoms with Gasteiger partial charge < -0.3 is 19.7 Å². The van der Waals surface area contributed by atoms with Crippen LogP contribution in [0, 0.1) is 11.3 Å². The van der Waals surface area contributed by atoms with Gasteiger partial charge in [0.2, 0.25) is 0 Å². The van der Waals surface area contributed by atoms with Gasteiger partial charge in [-0.05, 0) is 38.0 Å². The molecule has 0 aliphatic carbocycles. The number of nitrogens with zero attached hydrogens (tertiary/aromatic N) is 2. The third kappa shape index (κ3) is 5.64. The van der Waals surface area contributed by atoms with Crippen LogP contribution in [-0.4, -0.2) is 57.5 Å². The van der Waals surface area contributed by atoms with Crippen molar-refractivity contribution in [1.29, 1.82) is 5.26 Å². The molecule has 9 heteroatoms. The number of ether oxygens (including phenoxy) is 2. The van der Waals surface area contributed by atoms with Crippen molar-refractivity contribution in [3.8, 4) is 17.6 Å². The Kier molecular flexibility index (Phi) is 7.51. The molecule has 0 spiro atoms. The Bertz CT molecular complexity index is 921. The van der Waals surface area contributed by atoms with Crippen LogP contribution >= 0.6 is 0 Å². The number of hydrogen-bond donors (Lipinski definition) is 1.